The second kappa shape index (κ2) is 12.2. The van der Waals surface area contributed by atoms with Crippen molar-refractivity contribution in [2.75, 3.05) is 39.5 Å². The Kier molecular flexibility index (Phi) is 11.7. The van der Waals surface area contributed by atoms with Gasteiger partial charge in [0.2, 0.25) is 0 Å². The van der Waals surface area contributed by atoms with Gasteiger partial charge in [-0.1, -0.05) is 0 Å². The first-order valence-electron chi connectivity index (χ1n) is 11.0. The van der Waals surface area contributed by atoms with Crippen molar-refractivity contribution in [1.29, 1.82) is 0 Å². The van der Waals surface area contributed by atoms with Crippen LogP contribution >= 0.6 is 0 Å². The van der Waals surface area contributed by atoms with E-state index >= 15 is 0 Å². The van der Waals surface area contributed by atoms with Gasteiger partial charge in [0.15, 0.2) is 0 Å². The Morgan fingerprint density at radius 2 is 0.844 bits per heavy atom. The Morgan fingerprint density at radius 3 is 1.18 bits per heavy atom. The number of rotatable bonds is 17. The number of hydrogen-bond donors (Lipinski definition) is 1. The predicted octanol–water partition coefficient (Wildman–Crippen LogP) is 4.91. The summed E-state index contributed by atoms with van der Waals surface area (Å²) in [5, 5.41) is -7.76. The summed E-state index contributed by atoms with van der Waals surface area (Å²) < 4.78 is 309. The molecule has 0 aliphatic heterocycles. The number of hydrogen-bond acceptors (Lipinski definition) is 5. The van der Waals surface area contributed by atoms with Crippen molar-refractivity contribution in [2.24, 2.45) is 0 Å². The monoisotopic (exact) mass is 756 g/mol. The molecule has 0 aliphatic carbocycles. The maximum absolute atomic E-state index is 14.1. The highest BCUT2D eigenvalue weighted by Crippen LogP contribution is 2.65. The minimum Gasteiger partial charge on any atom is -0.748 e. The Hall–Kier alpha value is -1.55. The number of halogens is 19. The van der Waals surface area contributed by atoms with Crippen LogP contribution in [0.25, 0.3) is 0 Å². The molecule has 0 spiro atoms. The highest BCUT2D eigenvalue weighted by Gasteiger charge is 2.97. The maximum Gasteiger partial charge on any atom is 0.460 e. The first-order chi connectivity index (χ1) is 19.2. The summed E-state index contributed by atoms with van der Waals surface area (Å²) in [5.74, 6) is -63.1. The second-order valence-corrected chi connectivity index (χ2v) is 13.1. The molecular weight excluding hydrogens is 737 g/mol. The minimum absolute atomic E-state index is 0.212. The third-order valence-corrected chi connectivity index (χ3v) is 8.12. The number of alkyl halides is 19. The Bertz CT molecular complexity index is 1260. The summed E-state index contributed by atoms with van der Waals surface area (Å²) in [6.07, 6.45) is -9.14. The third-order valence-electron chi connectivity index (χ3n) is 5.82. The molecule has 0 amide bonds. The smallest absolute Gasteiger partial charge is 0.460 e. The van der Waals surface area contributed by atoms with E-state index in [1.807, 2.05) is 0 Å². The topological polar surface area (TPSA) is 103 Å². The largest absolute Gasteiger partial charge is 0.748 e. The van der Waals surface area contributed by atoms with Crippen LogP contribution in [0.2, 0.25) is 0 Å². The summed E-state index contributed by atoms with van der Waals surface area (Å²) >= 11 is 0. The van der Waals surface area contributed by atoms with E-state index in [9.17, 15) is 105 Å². The molecule has 0 aromatic heterocycles. The second-order valence-electron chi connectivity index (χ2n) is 9.78. The van der Waals surface area contributed by atoms with Crippen molar-refractivity contribution in [1.82, 2.24) is 4.72 Å². The minimum atomic E-state index is -9.17. The molecular formula is C17H19F19N2O5S2. The molecule has 0 atom stereocenters. The van der Waals surface area contributed by atoms with Crippen molar-refractivity contribution in [3.8, 4) is 0 Å². The third kappa shape index (κ3) is 7.47. The SMILES string of the molecule is C[N+](C)(CCCNS(=O)(=O)C(F)(F)C(F)(F)C(F)(F)C(F)(F)C(F)(F)C(F)(F)C(F)(F)C(F)(F)C(F)(F)F)CCCS(=O)(=O)[O-]. The van der Waals surface area contributed by atoms with E-state index < -0.39 is 98.3 Å². The molecule has 0 aromatic carbocycles. The quantitative estimate of drug-likeness (QED) is 0.0985. The summed E-state index contributed by atoms with van der Waals surface area (Å²) in [4.78, 5) is 0. The average Bonchev–Trinajstić information content (AvgIpc) is 2.79. The van der Waals surface area contributed by atoms with Crippen LogP contribution in [0.1, 0.15) is 12.8 Å². The molecule has 7 nitrogen and oxygen atoms in total. The highest BCUT2D eigenvalue weighted by molar-refractivity contribution is 7.90. The van der Waals surface area contributed by atoms with E-state index in [4.69, 9.17) is 0 Å². The van der Waals surface area contributed by atoms with Gasteiger partial charge in [-0.05, 0) is 0 Å². The summed E-state index contributed by atoms with van der Waals surface area (Å²) in [6, 6.07) is 0. The summed E-state index contributed by atoms with van der Waals surface area (Å²) in [6.45, 7) is -2.16. The molecule has 28 heteroatoms. The molecule has 272 valence electrons. The lowest BCUT2D eigenvalue weighted by Gasteiger charge is -2.43. The predicted molar refractivity (Wildman–Crippen MR) is 108 cm³/mol. The van der Waals surface area contributed by atoms with Gasteiger partial charge < -0.3 is 9.04 Å². The van der Waals surface area contributed by atoms with Gasteiger partial charge in [-0.2, -0.15) is 83.4 Å². The van der Waals surface area contributed by atoms with E-state index in [-0.39, 0.29) is 17.4 Å². The summed E-state index contributed by atoms with van der Waals surface area (Å²) in [5.41, 5.74) is 0. The number of sulfonamides is 1. The molecule has 0 saturated carbocycles. The fraction of sp³-hybridized carbons (Fsp3) is 1.00. The maximum atomic E-state index is 14.1. The van der Waals surface area contributed by atoms with Crippen molar-refractivity contribution >= 4 is 20.1 Å². The van der Waals surface area contributed by atoms with E-state index in [1.165, 1.54) is 14.1 Å². The lowest BCUT2D eigenvalue weighted by Crippen LogP contribution is -2.76. The molecule has 0 radical (unpaired) electrons. The molecule has 0 fully saturated rings. The molecule has 0 bridgehead atoms. The zero-order valence-corrected chi connectivity index (χ0v) is 23.4. The van der Waals surface area contributed by atoms with Crippen LogP contribution in [0.5, 0.6) is 0 Å². The van der Waals surface area contributed by atoms with Gasteiger partial charge >= 0.3 is 52.9 Å². The first-order valence-corrected chi connectivity index (χ1v) is 14.1. The van der Waals surface area contributed by atoms with Crippen LogP contribution in [0.15, 0.2) is 0 Å². The van der Waals surface area contributed by atoms with E-state index in [0.29, 0.717) is 4.72 Å². The zero-order valence-electron chi connectivity index (χ0n) is 21.7. The van der Waals surface area contributed by atoms with E-state index in [2.05, 4.69) is 0 Å². The number of quaternary nitrogens is 1. The fourth-order valence-corrected chi connectivity index (χ4v) is 4.64. The molecule has 45 heavy (non-hydrogen) atoms. The lowest BCUT2D eigenvalue weighted by atomic mass is 9.89. The van der Waals surface area contributed by atoms with Crippen molar-refractivity contribution < 1.29 is 109 Å². The normalized spacial score (nSPS) is 16.3. The van der Waals surface area contributed by atoms with Gasteiger partial charge in [0.1, 0.15) is 0 Å². The first kappa shape index (κ1) is 43.5. The molecule has 0 unspecified atom stereocenters. The van der Waals surface area contributed by atoms with Crippen molar-refractivity contribution in [3.05, 3.63) is 0 Å². The fourth-order valence-electron chi connectivity index (χ4n) is 3.10. The van der Waals surface area contributed by atoms with Crippen molar-refractivity contribution in [2.45, 2.75) is 65.7 Å². The van der Waals surface area contributed by atoms with Crippen LogP contribution in [-0.2, 0) is 20.1 Å². The van der Waals surface area contributed by atoms with Gasteiger partial charge in [0.05, 0.1) is 37.3 Å². The molecule has 0 aromatic rings. The van der Waals surface area contributed by atoms with Crippen LogP contribution in [0, 0.1) is 0 Å². The van der Waals surface area contributed by atoms with Crippen LogP contribution in [0.3, 0.4) is 0 Å². The van der Waals surface area contributed by atoms with Gasteiger partial charge in [0.25, 0.3) is 10.0 Å². The van der Waals surface area contributed by atoms with Crippen LogP contribution < -0.4 is 4.72 Å². The molecule has 0 heterocycles. The Balaban J connectivity index is 6.35. The highest BCUT2D eigenvalue weighted by atomic mass is 32.2. The van der Waals surface area contributed by atoms with Gasteiger partial charge in [-0.15, -0.1) is 0 Å². The van der Waals surface area contributed by atoms with E-state index in [0.717, 1.165) is 0 Å². The number of nitrogens with one attached hydrogen (secondary N) is 1. The Labute approximate surface area is 240 Å². The average molecular weight is 756 g/mol. The van der Waals surface area contributed by atoms with Crippen LogP contribution in [0.4, 0.5) is 83.4 Å². The van der Waals surface area contributed by atoms with Gasteiger partial charge in [-0.3, -0.25) is 0 Å². The van der Waals surface area contributed by atoms with Gasteiger partial charge in [0, 0.05) is 25.1 Å². The van der Waals surface area contributed by atoms with Gasteiger partial charge in [-0.25, -0.2) is 21.6 Å². The standard InChI is InChI=1S/C17H19F19N2O5S2/c1-38(2,7-4-8-44(39,40)41)6-3-5-37-45(42,43)17(35,36)15(30,31)13(26,27)11(22,23)9(18,19)10(20,21)12(24,25)14(28,29)16(32,33)34/h37H,3-8H2,1-2H3. The molecule has 0 aliphatic rings. The number of nitrogens with zero attached hydrogens (tertiary/aromatic N) is 1. The molecule has 1 N–H and O–H groups in total. The lowest BCUT2D eigenvalue weighted by molar-refractivity contribution is -0.890. The van der Waals surface area contributed by atoms with Crippen molar-refractivity contribution in [3.63, 3.8) is 0 Å². The zero-order chi connectivity index (χ0) is 36.9. The van der Waals surface area contributed by atoms with E-state index in [1.54, 1.807) is 0 Å². The summed E-state index contributed by atoms with van der Waals surface area (Å²) in [7, 11) is -9.75. The molecule has 0 saturated heterocycles. The Morgan fingerprint density at radius 1 is 0.533 bits per heavy atom. The molecule has 0 rings (SSSR count). The van der Waals surface area contributed by atoms with Crippen LogP contribution in [-0.4, -0.2) is 118 Å².